The van der Waals surface area contributed by atoms with Crippen molar-refractivity contribution in [3.8, 4) is 17.2 Å². The summed E-state index contributed by atoms with van der Waals surface area (Å²) in [6.45, 7) is 5.90. The fourth-order valence-corrected chi connectivity index (χ4v) is 2.99. The minimum atomic E-state index is -0.526. The van der Waals surface area contributed by atoms with Crippen LogP contribution in [0.25, 0.3) is 6.08 Å². The average molecular weight is 501 g/mol. The van der Waals surface area contributed by atoms with E-state index in [1.165, 1.54) is 6.08 Å². The predicted molar refractivity (Wildman–Crippen MR) is 139 cm³/mol. The van der Waals surface area contributed by atoms with Gasteiger partial charge in [-0.3, -0.25) is 0 Å². The Hall–Kier alpha value is -4.65. The van der Waals surface area contributed by atoms with Gasteiger partial charge in [-0.2, -0.15) is 0 Å². The molecule has 37 heavy (non-hydrogen) atoms. The maximum absolute atomic E-state index is 12.4. The standard InChI is InChI=1S/C30H28O7/c1-22(2)29(32)35-21-7-6-20-34-25-13-11-24(12-14-25)30(33)37-27-17-15-26(16-18-27)36-28(31)19-10-23-8-4-3-5-9-23/h3-5,8-19H,1,6-7,20-21H2,2H3. The van der Waals surface area contributed by atoms with Crippen LogP contribution in [-0.2, 0) is 14.3 Å². The molecule has 0 N–H and O–H groups in total. The highest BCUT2D eigenvalue weighted by molar-refractivity contribution is 5.91. The Morgan fingerprint density at radius 3 is 2.00 bits per heavy atom. The van der Waals surface area contributed by atoms with Gasteiger partial charge >= 0.3 is 17.9 Å². The van der Waals surface area contributed by atoms with Crippen LogP contribution < -0.4 is 14.2 Å². The molecule has 0 saturated heterocycles. The van der Waals surface area contributed by atoms with Crippen LogP contribution in [0.3, 0.4) is 0 Å². The monoisotopic (exact) mass is 500 g/mol. The predicted octanol–water partition coefficient (Wildman–Crippen LogP) is 5.80. The summed E-state index contributed by atoms with van der Waals surface area (Å²) in [5, 5.41) is 0. The van der Waals surface area contributed by atoms with E-state index in [2.05, 4.69) is 6.58 Å². The molecule has 7 heteroatoms. The zero-order valence-corrected chi connectivity index (χ0v) is 20.6. The normalized spacial score (nSPS) is 10.5. The Kier molecular flexibility index (Phi) is 10.2. The van der Waals surface area contributed by atoms with Crippen molar-refractivity contribution in [2.75, 3.05) is 13.2 Å². The van der Waals surface area contributed by atoms with E-state index in [4.69, 9.17) is 18.9 Å². The molecular formula is C30H28O7. The van der Waals surface area contributed by atoms with E-state index >= 15 is 0 Å². The molecule has 0 fully saturated rings. The van der Waals surface area contributed by atoms with E-state index in [1.807, 2.05) is 30.3 Å². The Balaban J connectivity index is 1.40. The van der Waals surface area contributed by atoms with Gasteiger partial charge in [-0.25, -0.2) is 14.4 Å². The van der Waals surface area contributed by atoms with Gasteiger partial charge in [0.1, 0.15) is 17.2 Å². The first-order valence-corrected chi connectivity index (χ1v) is 11.7. The Morgan fingerprint density at radius 1 is 0.757 bits per heavy atom. The third kappa shape index (κ3) is 9.49. The van der Waals surface area contributed by atoms with Crippen molar-refractivity contribution in [1.29, 1.82) is 0 Å². The minimum Gasteiger partial charge on any atom is -0.494 e. The lowest BCUT2D eigenvalue weighted by molar-refractivity contribution is -0.139. The summed E-state index contributed by atoms with van der Waals surface area (Å²) in [5.74, 6) is -0.170. The molecule has 0 aliphatic rings. The number of ether oxygens (including phenoxy) is 4. The van der Waals surface area contributed by atoms with E-state index < -0.39 is 17.9 Å². The van der Waals surface area contributed by atoms with E-state index in [9.17, 15) is 14.4 Å². The van der Waals surface area contributed by atoms with E-state index in [1.54, 1.807) is 61.5 Å². The number of carbonyl (C=O) groups excluding carboxylic acids is 3. The third-order valence-corrected chi connectivity index (χ3v) is 4.94. The zero-order chi connectivity index (χ0) is 26.5. The minimum absolute atomic E-state index is 0.314. The summed E-state index contributed by atoms with van der Waals surface area (Å²) in [5.41, 5.74) is 1.63. The number of unbranched alkanes of at least 4 members (excludes halogenated alkanes) is 1. The van der Waals surface area contributed by atoms with Crippen LogP contribution in [0, 0.1) is 0 Å². The molecular weight excluding hydrogens is 472 g/mol. The molecule has 0 radical (unpaired) electrons. The van der Waals surface area contributed by atoms with Gasteiger partial charge < -0.3 is 18.9 Å². The number of esters is 3. The molecule has 3 rings (SSSR count). The molecule has 0 unspecified atom stereocenters. The summed E-state index contributed by atoms with van der Waals surface area (Å²) in [6.07, 6.45) is 4.39. The first-order chi connectivity index (χ1) is 17.9. The van der Waals surface area contributed by atoms with Gasteiger partial charge in [-0.05, 0) is 79.9 Å². The highest BCUT2D eigenvalue weighted by Gasteiger charge is 2.10. The summed E-state index contributed by atoms with van der Waals surface area (Å²) >= 11 is 0. The molecule has 0 aromatic heterocycles. The number of benzene rings is 3. The number of hydrogen-bond donors (Lipinski definition) is 0. The molecule has 0 bridgehead atoms. The lowest BCUT2D eigenvalue weighted by Crippen LogP contribution is -2.09. The first-order valence-electron chi connectivity index (χ1n) is 11.7. The molecule has 3 aromatic rings. The van der Waals surface area contributed by atoms with Gasteiger partial charge in [0.15, 0.2) is 0 Å². The van der Waals surface area contributed by atoms with Crippen LogP contribution in [-0.4, -0.2) is 31.1 Å². The smallest absolute Gasteiger partial charge is 0.343 e. The van der Waals surface area contributed by atoms with Gasteiger partial charge in [0, 0.05) is 11.6 Å². The summed E-state index contributed by atoms with van der Waals surface area (Å²) in [6, 6.07) is 22.2. The first kappa shape index (κ1) is 26.9. The molecule has 0 aliphatic heterocycles. The van der Waals surface area contributed by atoms with Crippen molar-refractivity contribution >= 4 is 24.0 Å². The van der Waals surface area contributed by atoms with Crippen LogP contribution in [0.1, 0.15) is 35.7 Å². The van der Waals surface area contributed by atoms with Crippen molar-refractivity contribution < 1.29 is 33.3 Å². The second-order valence-electron chi connectivity index (χ2n) is 8.02. The fraction of sp³-hybridized carbons (Fsp3) is 0.167. The molecule has 0 aliphatic carbocycles. The van der Waals surface area contributed by atoms with Crippen molar-refractivity contribution in [2.24, 2.45) is 0 Å². The molecule has 7 nitrogen and oxygen atoms in total. The maximum atomic E-state index is 12.4. The highest BCUT2D eigenvalue weighted by atomic mass is 16.5. The SMILES string of the molecule is C=C(C)C(=O)OCCCCOc1ccc(C(=O)Oc2ccc(OC(=O)C=Cc3ccccc3)cc2)cc1. The third-order valence-electron chi connectivity index (χ3n) is 4.94. The zero-order valence-electron chi connectivity index (χ0n) is 20.6. The van der Waals surface area contributed by atoms with Crippen molar-refractivity contribution in [2.45, 2.75) is 19.8 Å². The summed E-state index contributed by atoms with van der Waals surface area (Å²) < 4.78 is 21.3. The summed E-state index contributed by atoms with van der Waals surface area (Å²) in [7, 11) is 0. The topological polar surface area (TPSA) is 88.1 Å². The van der Waals surface area contributed by atoms with Crippen molar-refractivity contribution in [3.05, 3.63) is 108 Å². The van der Waals surface area contributed by atoms with Gasteiger partial charge in [-0.1, -0.05) is 36.9 Å². The van der Waals surface area contributed by atoms with E-state index in [-0.39, 0.29) is 0 Å². The molecule has 0 saturated carbocycles. The van der Waals surface area contributed by atoms with Gasteiger partial charge in [0.25, 0.3) is 0 Å². The van der Waals surface area contributed by atoms with Crippen LogP contribution in [0.4, 0.5) is 0 Å². The van der Waals surface area contributed by atoms with Gasteiger partial charge in [0.2, 0.25) is 0 Å². The molecule has 0 atom stereocenters. The number of hydrogen-bond acceptors (Lipinski definition) is 7. The molecule has 0 heterocycles. The maximum Gasteiger partial charge on any atom is 0.343 e. The molecule has 0 spiro atoms. The van der Waals surface area contributed by atoms with Crippen LogP contribution in [0.2, 0.25) is 0 Å². The van der Waals surface area contributed by atoms with Crippen molar-refractivity contribution in [3.63, 3.8) is 0 Å². The quantitative estimate of drug-likeness (QED) is 0.134. The van der Waals surface area contributed by atoms with E-state index in [0.717, 1.165) is 5.56 Å². The lowest BCUT2D eigenvalue weighted by Gasteiger charge is -2.08. The number of rotatable bonds is 12. The highest BCUT2D eigenvalue weighted by Crippen LogP contribution is 2.20. The lowest BCUT2D eigenvalue weighted by atomic mass is 10.2. The van der Waals surface area contributed by atoms with Gasteiger partial charge in [-0.15, -0.1) is 0 Å². The second kappa shape index (κ2) is 14.0. The van der Waals surface area contributed by atoms with Crippen LogP contribution in [0.5, 0.6) is 17.2 Å². The Bertz CT molecular complexity index is 1230. The van der Waals surface area contributed by atoms with E-state index in [0.29, 0.717) is 54.4 Å². The fourth-order valence-electron chi connectivity index (χ4n) is 2.99. The van der Waals surface area contributed by atoms with Crippen LogP contribution >= 0.6 is 0 Å². The largest absolute Gasteiger partial charge is 0.494 e. The second-order valence-corrected chi connectivity index (χ2v) is 8.02. The molecule has 3 aromatic carbocycles. The van der Waals surface area contributed by atoms with Crippen molar-refractivity contribution in [1.82, 2.24) is 0 Å². The average Bonchev–Trinajstić information content (AvgIpc) is 2.91. The van der Waals surface area contributed by atoms with Crippen LogP contribution in [0.15, 0.2) is 97.1 Å². The molecule has 190 valence electrons. The summed E-state index contributed by atoms with van der Waals surface area (Å²) in [4.78, 5) is 35.7. The molecule has 0 amide bonds. The number of carbonyl (C=O) groups is 3. The van der Waals surface area contributed by atoms with Gasteiger partial charge in [0.05, 0.1) is 18.8 Å². The Labute approximate surface area is 215 Å². The Morgan fingerprint density at radius 2 is 1.35 bits per heavy atom.